The lowest BCUT2D eigenvalue weighted by Gasteiger charge is -2.39. The standard InChI is InChI=1S/C35H22O/c1-2-11-27(12-3-1)35-30-15-7-6-13-28(30)29-14-8-16-32(34(29)35)36-33-22-26(19-20-31(33)35)25-18-17-23-9-4-5-10-24(23)21-25/h1-22H. The third kappa shape index (κ3) is 2.50. The van der Waals surface area contributed by atoms with Crippen LogP contribution in [0.5, 0.6) is 11.5 Å². The van der Waals surface area contributed by atoms with E-state index in [1.54, 1.807) is 0 Å². The van der Waals surface area contributed by atoms with Crippen LogP contribution in [0.4, 0.5) is 0 Å². The zero-order valence-corrected chi connectivity index (χ0v) is 19.6. The fraction of sp³-hybridized carbons (Fsp3) is 0.0286. The predicted octanol–water partition coefficient (Wildman–Crippen LogP) is 8.98. The minimum absolute atomic E-state index is 0.403. The van der Waals surface area contributed by atoms with Gasteiger partial charge in [0.1, 0.15) is 11.5 Å². The molecule has 1 heteroatoms. The highest BCUT2D eigenvalue weighted by molar-refractivity contribution is 5.91. The summed E-state index contributed by atoms with van der Waals surface area (Å²) in [5, 5.41) is 2.50. The van der Waals surface area contributed by atoms with Gasteiger partial charge < -0.3 is 4.74 Å². The fourth-order valence-corrected chi connectivity index (χ4v) is 6.41. The third-order valence-corrected chi connectivity index (χ3v) is 7.92. The van der Waals surface area contributed by atoms with E-state index in [4.69, 9.17) is 4.74 Å². The van der Waals surface area contributed by atoms with Gasteiger partial charge >= 0.3 is 0 Å². The summed E-state index contributed by atoms with van der Waals surface area (Å²) in [6.45, 7) is 0. The molecule has 0 radical (unpaired) electrons. The van der Waals surface area contributed by atoms with E-state index in [0.29, 0.717) is 0 Å². The highest BCUT2D eigenvalue weighted by Crippen LogP contribution is 2.63. The van der Waals surface area contributed by atoms with E-state index in [1.807, 2.05) is 0 Å². The molecule has 2 aliphatic rings. The van der Waals surface area contributed by atoms with Crippen LogP contribution < -0.4 is 4.74 Å². The van der Waals surface area contributed by atoms with Crippen molar-refractivity contribution in [2.24, 2.45) is 0 Å². The Kier molecular flexibility index (Phi) is 3.93. The molecule has 0 saturated carbocycles. The molecule has 1 aliphatic carbocycles. The molecule has 8 rings (SSSR count). The molecule has 1 heterocycles. The number of rotatable bonds is 2. The molecule has 1 nitrogen and oxygen atoms in total. The molecule has 6 aromatic rings. The molecular formula is C35H22O. The van der Waals surface area contributed by atoms with Crippen LogP contribution in [0, 0.1) is 0 Å². The smallest absolute Gasteiger partial charge is 0.132 e. The van der Waals surface area contributed by atoms with E-state index < -0.39 is 5.41 Å². The van der Waals surface area contributed by atoms with Crippen LogP contribution in [0.2, 0.25) is 0 Å². The summed E-state index contributed by atoms with van der Waals surface area (Å²) < 4.78 is 6.70. The lowest BCUT2D eigenvalue weighted by Crippen LogP contribution is -2.31. The van der Waals surface area contributed by atoms with Crippen LogP contribution in [0.15, 0.2) is 133 Å². The first kappa shape index (κ1) is 19.7. The summed E-state index contributed by atoms with van der Waals surface area (Å²) in [6.07, 6.45) is 0. The van der Waals surface area contributed by atoms with Gasteiger partial charge in [-0.15, -0.1) is 0 Å². The van der Waals surface area contributed by atoms with Crippen LogP contribution in [0.1, 0.15) is 22.3 Å². The average Bonchev–Trinajstić information content (AvgIpc) is 3.26. The molecule has 1 aliphatic heterocycles. The van der Waals surface area contributed by atoms with Crippen molar-refractivity contribution in [1.82, 2.24) is 0 Å². The Bertz CT molecular complexity index is 1810. The third-order valence-electron chi connectivity index (χ3n) is 7.92. The monoisotopic (exact) mass is 458 g/mol. The van der Waals surface area contributed by atoms with Crippen molar-refractivity contribution in [3.63, 3.8) is 0 Å². The van der Waals surface area contributed by atoms with E-state index in [2.05, 4.69) is 133 Å². The Morgan fingerprint density at radius 3 is 2.08 bits per heavy atom. The van der Waals surface area contributed by atoms with Crippen molar-refractivity contribution in [3.8, 4) is 33.8 Å². The molecule has 6 aromatic carbocycles. The summed E-state index contributed by atoms with van der Waals surface area (Å²) in [5.41, 5.74) is 9.54. The quantitative estimate of drug-likeness (QED) is 0.251. The zero-order chi connectivity index (χ0) is 23.7. The SMILES string of the molecule is c1ccc(C23c4ccc(-c5ccc6ccccc6c5)cc4Oc4cccc(c42)-c2ccccc23)cc1. The van der Waals surface area contributed by atoms with E-state index in [1.165, 1.54) is 49.7 Å². The minimum atomic E-state index is -0.403. The number of hydrogen-bond donors (Lipinski definition) is 0. The largest absolute Gasteiger partial charge is 0.457 e. The van der Waals surface area contributed by atoms with Crippen molar-refractivity contribution in [3.05, 3.63) is 156 Å². The topological polar surface area (TPSA) is 9.23 Å². The summed E-state index contributed by atoms with van der Waals surface area (Å²) in [7, 11) is 0. The Morgan fingerprint density at radius 1 is 0.444 bits per heavy atom. The van der Waals surface area contributed by atoms with E-state index in [9.17, 15) is 0 Å². The lowest BCUT2D eigenvalue weighted by atomic mass is 9.66. The van der Waals surface area contributed by atoms with Gasteiger partial charge in [-0.1, -0.05) is 115 Å². The zero-order valence-electron chi connectivity index (χ0n) is 19.6. The molecule has 0 N–H and O–H groups in total. The van der Waals surface area contributed by atoms with Gasteiger partial charge in [0.05, 0.1) is 5.41 Å². The van der Waals surface area contributed by atoms with Crippen molar-refractivity contribution in [2.45, 2.75) is 5.41 Å². The maximum absolute atomic E-state index is 6.70. The summed E-state index contributed by atoms with van der Waals surface area (Å²) in [5.74, 6) is 1.86. The first-order valence-electron chi connectivity index (χ1n) is 12.4. The second kappa shape index (κ2) is 7.19. The molecule has 168 valence electrons. The van der Waals surface area contributed by atoms with Crippen LogP contribution in [-0.2, 0) is 5.41 Å². The average molecular weight is 459 g/mol. The predicted molar refractivity (Wildman–Crippen MR) is 147 cm³/mol. The van der Waals surface area contributed by atoms with Gasteiger partial charge in [0.25, 0.3) is 0 Å². The van der Waals surface area contributed by atoms with Gasteiger partial charge in [0.2, 0.25) is 0 Å². The molecule has 36 heavy (non-hydrogen) atoms. The fourth-order valence-electron chi connectivity index (χ4n) is 6.41. The van der Waals surface area contributed by atoms with Crippen molar-refractivity contribution < 1.29 is 4.74 Å². The molecule has 1 atom stereocenters. The maximum Gasteiger partial charge on any atom is 0.132 e. The van der Waals surface area contributed by atoms with Gasteiger partial charge in [-0.25, -0.2) is 0 Å². The highest BCUT2D eigenvalue weighted by Gasteiger charge is 2.51. The lowest BCUT2D eigenvalue weighted by molar-refractivity contribution is 0.438. The molecule has 1 unspecified atom stereocenters. The van der Waals surface area contributed by atoms with Crippen LogP contribution in [0.3, 0.4) is 0 Å². The minimum Gasteiger partial charge on any atom is -0.457 e. The van der Waals surface area contributed by atoms with Gasteiger partial charge in [-0.3, -0.25) is 0 Å². The van der Waals surface area contributed by atoms with Crippen LogP contribution >= 0.6 is 0 Å². The van der Waals surface area contributed by atoms with Crippen molar-refractivity contribution >= 4 is 10.8 Å². The molecule has 0 saturated heterocycles. The molecule has 0 bridgehead atoms. The first-order chi connectivity index (χ1) is 17.8. The molecule has 0 fully saturated rings. The summed E-state index contributed by atoms with van der Waals surface area (Å²) in [6, 6.07) is 48.2. The Morgan fingerprint density at radius 2 is 1.17 bits per heavy atom. The first-order valence-corrected chi connectivity index (χ1v) is 12.4. The molecule has 0 spiro atoms. The number of benzene rings is 6. The second-order valence-corrected chi connectivity index (χ2v) is 9.72. The van der Waals surface area contributed by atoms with E-state index >= 15 is 0 Å². The Labute approximate surface area is 210 Å². The number of fused-ring (bicyclic) bond motifs is 6. The van der Waals surface area contributed by atoms with Gasteiger partial charge in [-0.05, 0) is 62.4 Å². The molecule has 0 aromatic heterocycles. The maximum atomic E-state index is 6.70. The Hall–Kier alpha value is -4.62. The van der Waals surface area contributed by atoms with E-state index in [-0.39, 0.29) is 0 Å². The van der Waals surface area contributed by atoms with Gasteiger partial charge in [-0.2, -0.15) is 0 Å². The number of hydrogen-bond acceptors (Lipinski definition) is 1. The normalized spacial score (nSPS) is 16.7. The number of ether oxygens (including phenoxy) is 1. The highest BCUT2D eigenvalue weighted by atomic mass is 16.5. The second-order valence-electron chi connectivity index (χ2n) is 9.72. The van der Waals surface area contributed by atoms with Gasteiger partial charge in [0.15, 0.2) is 0 Å². The van der Waals surface area contributed by atoms with Crippen LogP contribution in [0.25, 0.3) is 33.0 Å². The van der Waals surface area contributed by atoms with Crippen molar-refractivity contribution in [1.29, 1.82) is 0 Å². The van der Waals surface area contributed by atoms with E-state index in [0.717, 1.165) is 17.1 Å². The Balaban J connectivity index is 1.42. The van der Waals surface area contributed by atoms with Crippen molar-refractivity contribution in [2.75, 3.05) is 0 Å². The van der Waals surface area contributed by atoms with Crippen LogP contribution in [-0.4, -0.2) is 0 Å². The summed E-state index contributed by atoms with van der Waals surface area (Å²) >= 11 is 0. The summed E-state index contributed by atoms with van der Waals surface area (Å²) in [4.78, 5) is 0. The van der Waals surface area contributed by atoms with Gasteiger partial charge in [0, 0.05) is 11.1 Å². The molecular weight excluding hydrogens is 436 g/mol. The molecule has 0 amide bonds.